The minimum absolute atomic E-state index is 0.146. The van der Waals surface area contributed by atoms with Crippen LogP contribution >= 0.6 is 0 Å². The zero-order chi connectivity index (χ0) is 22.4. The van der Waals surface area contributed by atoms with Crippen molar-refractivity contribution in [2.75, 3.05) is 5.32 Å². The molecule has 6 nitrogen and oxygen atoms in total. The predicted molar refractivity (Wildman–Crippen MR) is 122 cm³/mol. The zero-order valence-corrected chi connectivity index (χ0v) is 18.8. The van der Waals surface area contributed by atoms with Crippen molar-refractivity contribution in [2.45, 2.75) is 78.7 Å². The second-order valence-corrected chi connectivity index (χ2v) is 8.25. The van der Waals surface area contributed by atoms with Crippen molar-refractivity contribution in [1.29, 1.82) is 0 Å². The van der Waals surface area contributed by atoms with Crippen LogP contribution < -0.4 is 15.6 Å². The van der Waals surface area contributed by atoms with Crippen LogP contribution in [0.4, 0.5) is 5.69 Å². The highest BCUT2D eigenvalue weighted by Gasteiger charge is 2.21. The molecule has 6 heteroatoms. The Morgan fingerprint density at radius 2 is 1.87 bits per heavy atom. The van der Waals surface area contributed by atoms with Crippen LogP contribution in [-0.2, 0) is 24.2 Å². The van der Waals surface area contributed by atoms with Gasteiger partial charge in [-0.15, -0.1) is 0 Å². The van der Waals surface area contributed by atoms with Crippen LogP contribution in [0.3, 0.4) is 0 Å². The molecule has 1 amide bonds. The Morgan fingerprint density at radius 1 is 1.13 bits per heavy atom. The monoisotopic (exact) mass is 424 g/mol. The van der Waals surface area contributed by atoms with Crippen molar-refractivity contribution < 1.29 is 14.3 Å². The van der Waals surface area contributed by atoms with Crippen molar-refractivity contribution in [3.05, 3.63) is 57.0 Å². The first kappa shape index (κ1) is 22.8. The number of para-hydroxylation sites is 1. The van der Waals surface area contributed by atoms with Crippen LogP contribution in [0.2, 0.25) is 0 Å². The maximum Gasteiger partial charge on any atom is 0.308 e. The zero-order valence-electron chi connectivity index (χ0n) is 18.8. The molecule has 3 rings (SSSR count). The summed E-state index contributed by atoms with van der Waals surface area (Å²) in [6, 6.07) is 6.99. The Hall–Kier alpha value is -2.89. The highest BCUT2D eigenvalue weighted by atomic mass is 16.5. The van der Waals surface area contributed by atoms with Gasteiger partial charge in [-0.05, 0) is 62.3 Å². The number of carbonyl (C=O) groups excluding carboxylic acids is 2. The number of carbonyl (C=O) groups is 2. The molecule has 0 fully saturated rings. The SMILES string of the molecule is CCCCn1c2c(cc(C(=O)Nc3c(C)cccc3OC(C)=O)c1=O)CCCCCC2. The van der Waals surface area contributed by atoms with E-state index in [2.05, 4.69) is 12.2 Å². The van der Waals surface area contributed by atoms with Gasteiger partial charge < -0.3 is 14.6 Å². The summed E-state index contributed by atoms with van der Waals surface area (Å²) in [5, 5.41) is 2.83. The fraction of sp³-hybridized carbons (Fsp3) is 0.480. The number of unbranched alkanes of at least 4 members (excludes halogenated alkanes) is 1. The smallest absolute Gasteiger partial charge is 0.308 e. The number of amides is 1. The summed E-state index contributed by atoms with van der Waals surface area (Å²) in [4.78, 5) is 38.0. The highest BCUT2D eigenvalue weighted by Crippen LogP contribution is 2.29. The van der Waals surface area contributed by atoms with Crippen LogP contribution in [0.25, 0.3) is 0 Å². The van der Waals surface area contributed by atoms with Gasteiger partial charge in [-0.1, -0.05) is 38.3 Å². The number of anilines is 1. The number of aryl methyl sites for hydroxylation is 2. The topological polar surface area (TPSA) is 77.4 Å². The molecule has 166 valence electrons. The summed E-state index contributed by atoms with van der Waals surface area (Å²) in [7, 11) is 0. The van der Waals surface area contributed by atoms with Gasteiger partial charge in [-0.3, -0.25) is 14.4 Å². The van der Waals surface area contributed by atoms with Gasteiger partial charge in [0.05, 0.1) is 5.69 Å². The Morgan fingerprint density at radius 3 is 2.58 bits per heavy atom. The van der Waals surface area contributed by atoms with Gasteiger partial charge in [0.25, 0.3) is 11.5 Å². The first-order valence-corrected chi connectivity index (χ1v) is 11.3. The van der Waals surface area contributed by atoms with E-state index >= 15 is 0 Å². The molecule has 1 N–H and O–H groups in total. The summed E-state index contributed by atoms with van der Waals surface area (Å²) in [6.07, 6.45) is 8.11. The van der Waals surface area contributed by atoms with Gasteiger partial charge in [-0.25, -0.2) is 0 Å². The summed E-state index contributed by atoms with van der Waals surface area (Å²) < 4.78 is 7.08. The number of esters is 1. The largest absolute Gasteiger partial charge is 0.424 e. The van der Waals surface area contributed by atoms with Crippen molar-refractivity contribution in [2.24, 2.45) is 0 Å². The predicted octanol–water partition coefficient (Wildman–Crippen LogP) is 4.79. The highest BCUT2D eigenvalue weighted by molar-refractivity contribution is 6.05. The summed E-state index contributed by atoms with van der Waals surface area (Å²) in [5.74, 6) is -0.662. The van der Waals surface area contributed by atoms with E-state index in [9.17, 15) is 14.4 Å². The number of hydrogen-bond donors (Lipinski definition) is 1. The van der Waals surface area contributed by atoms with Gasteiger partial charge in [0, 0.05) is 19.2 Å². The number of nitrogens with zero attached hydrogens (tertiary/aromatic N) is 1. The molecule has 1 aliphatic carbocycles. The molecule has 1 heterocycles. The molecule has 1 aromatic carbocycles. The maximum absolute atomic E-state index is 13.3. The Bertz CT molecular complexity index is 1020. The van der Waals surface area contributed by atoms with E-state index in [1.54, 1.807) is 18.2 Å². The lowest BCUT2D eigenvalue weighted by atomic mass is 9.95. The number of benzene rings is 1. The van der Waals surface area contributed by atoms with Crippen molar-refractivity contribution >= 4 is 17.6 Å². The summed E-state index contributed by atoms with van der Waals surface area (Å²) in [5.41, 5.74) is 3.26. The number of fused-ring (bicyclic) bond motifs is 1. The minimum Gasteiger partial charge on any atom is -0.424 e. The number of hydrogen-bond acceptors (Lipinski definition) is 4. The van der Waals surface area contributed by atoms with E-state index < -0.39 is 11.9 Å². The molecule has 2 aromatic rings. The fourth-order valence-electron chi connectivity index (χ4n) is 4.17. The van der Waals surface area contributed by atoms with Gasteiger partial charge in [0.2, 0.25) is 0 Å². The standard InChI is InChI=1S/C25H32N2O4/c1-4-5-15-27-21-13-9-7-6-8-12-19(21)16-20(25(27)30)24(29)26-23-17(2)11-10-14-22(23)31-18(3)28/h10-11,14,16H,4-9,12-13,15H2,1-3H3,(H,26,29). The van der Waals surface area contributed by atoms with E-state index in [1.165, 1.54) is 19.8 Å². The number of nitrogens with one attached hydrogen (secondary N) is 1. The van der Waals surface area contributed by atoms with E-state index in [4.69, 9.17) is 4.74 Å². The summed E-state index contributed by atoms with van der Waals surface area (Å²) >= 11 is 0. The van der Waals surface area contributed by atoms with E-state index in [0.717, 1.165) is 55.3 Å². The van der Waals surface area contributed by atoms with Crippen LogP contribution in [0.15, 0.2) is 29.1 Å². The molecular weight excluding hydrogens is 392 g/mol. The maximum atomic E-state index is 13.3. The molecule has 0 saturated carbocycles. The molecule has 1 aliphatic rings. The molecule has 0 unspecified atom stereocenters. The lowest BCUT2D eigenvalue weighted by Crippen LogP contribution is -2.33. The quantitative estimate of drug-likeness (QED) is 0.534. The summed E-state index contributed by atoms with van der Waals surface area (Å²) in [6.45, 7) is 5.86. The third-order valence-corrected chi connectivity index (χ3v) is 5.81. The number of rotatable bonds is 6. The minimum atomic E-state index is -0.470. The van der Waals surface area contributed by atoms with E-state index in [0.29, 0.717) is 12.2 Å². The lowest BCUT2D eigenvalue weighted by molar-refractivity contribution is -0.131. The molecule has 1 aromatic heterocycles. The third kappa shape index (κ3) is 5.43. The first-order valence-electron chi connectivity index (χ1n) is 11.3. The van der Waals surface area contributed by atoms with E-state index in [-0.39, 0.29) is 16.9 Å². The van der Waals surface area contributed by atoms with Crippen LogP contribution in [0.5, 0.6) is 5.75 Å². The van der Waals surface area contributed by atoms with Gasteiger partial charge in [0.1, 0.15) is 5.56 Å². The fourth-order valence-corrected chi connectivity index (χ4v) is 4.17. The van der Waals surface area contributed by atoms with Crippen molar-refractivity contribution in [3.63, 3.8) is 0 Å². The molecule has 0 aliphatic heterocycles. The number of ether oxygens (including phenoxy) is 1. The second-order valence-electron chi connectivity index (χ2n) is 8.25. The van der Waals surface area contributed by atoms with E-state index in [1.807, 2.05) is 17.6 Å². The lowest BCUT2D eigenvalue weighted by Gasteiger charge is -2.21. The van der Waals surface area contributed by atoms with Crippen molar-refractivity contribution in [1.82, 2.24) is 4.57 Å². The average molecular weight is 425 g/mol. The molecule has 0 spiro atoms. The van der Waals surface area contributed by atoms with Crippen molar-refractivity contribution in [3.8, 4) is 5.75 Å². The Kier molecular flexibility index (Phi) is 7.66. The average Bonchev–Trinajstić information content (AvgIpc) is 2.70. The van der Waals surface area contributed by atoms with Gasteiger partial charge in [-0.2, -0.15) is 0 Å². The number of pyridine rings is 1. The molecule has 0 saturated heterocycles. The molecule has 0 bridgehead atoms. The molecule has 0 radical (unpaired) electrons. The van der Waals surface area contributed by atoms with Crippen LogP contribution in [0.1, 0.15) is 79.6 Å². The van der Waals surface area contributed by atoms with Gasteiger partial charge in [0.15, 0.2) is 5.75 Å². The first-order chi connectivity index (χ1) is 14.9. The molecular formula is C25H32N2O4. The van der Waals surface area contributed by atoms with Crippen LogP contribution in [-0.4, -0.2) is 16.4 Å². The van der Waals surface area contributed by atoms with Gasteiger partial charge >= 0.3 is 5.97 Å². The third-order valence-electron chi connectivity index (χ3n) is 5.81. The Balaban J connectivity index is 2.02. The van der Waals surface area contributed by atoms with Crippen LogP contribution in [0, 0.1) is 6.92 Å². The Labute approximate surface area is 183 Å². The number of aromatic nitrogens is 1. The second kappa shape index (κ2) is 10.4. The normalized spacial score (nSPS) is 13.6. The molecule has 0 atom stereocenters. The molecule has 31 heavy (non-hydrogen) atoms.